The lowest BCUT2D eigenvalue weighted by molar-refractivity contribution is -0.117. The third kappa shape index (κ3) is 7.87. The number of fused-ring (bicyclic) bond motifs is 1. The SMILES string of the molecule is CCNc1ncc2cc(-c3c(Cl)c(OC)cc(OC)c3Cl)c(=O)n(CCCN3CCC(NC(=O)/C(C#N)=C/C(C)(C)C)C3)c2n1. The van der Waals surface area contributed by atoms with Gasteiger partial charge in [0, 0.05) is 55.4 Å². The summed E-state index contributed by atoms with van der Waals surface area (Å²) < 4.78 is 12.5. The van der Waals surface area contributed by atoms with Crippen molar-refractivity contribution in [2.24, 2.45) is 5.41 Å². The number of hydrogen-bond acceptors (Lipinski definition) is 9. The molecule has 1 aromatic carbocycles. The van der Waals surface area contributed by atoms with E-state index in [2.05, 4.69) is 25.5 Å². The minimum Gasteiger partial charge on any atom is -0.495 e. The first-order chi connectivity index (χ1) is 21.4. The number of aryl methyl sites for hydroxylation is 1. The molecule has 2 N–H and O–H groups in total. The van der Waals surface area contributed by atoms with Crippen LogP contribution in [0.15, 0.2) is 34.8 Å². The summed E-state index contributed by atoms with van der Waals surface area (Å²) in [6, 6.07) is 5.22. The number of aromatic nitrogens is 3. The third-order valence-electron chi connectivity index (χ3n) is 7.41. The van der Waals surface area contributed by atoms with Gasteiger partial charge < -0.3 is 25.0 Å². The summed E-state index contributed by atoms with van der Waals surface area (Å²) in [5.41, 5.74) is 0.593. The number of amides is 1. The fourth-order valence-electron chi connectivity index (χ4n) is 5.36. The van der Waals surface area contributed by atoms with Gasteiger partial charge in [-0.3, -0.25) is 14.2 Å². The Morgan fingerprint density at radius 1 is 1.18 bits per heavy atom. The van der Waals surface area contributed by atoms with E-state index >= 15 is 0 Å². The van der Waals surface area contributed by atoms with Gasteiger partial charge in [0.05, 0.1) is 29.8 Å². The summed E-state index contributed by atoms with van der Waals surface area (Å²) in [6.45, 7) is 10.9. The average molecular weight is 657 g/mol. The number of hydrogen-bond donors (Lipinski definition) is 2. The summed E-state index contributed by atoms with van der Waals surface area (Å²) >= 11 is 13.4. The van der Waals surface area contributed by atoms with Crippen molar-refractivity contribution in [3.8, 4) is 28.7 Å². The van der Waals surface area contributed by atoms with Crippen LogP contribution >= 0.6 is 23.2 Å². The molecule has 1 atom stereocenters. The molecular weight excluding hydrogens is 617 g/mol. The van der Waals surface area contributed by atoms with E-state index in [9.17, 15) is 14.9 Å². The van der Waals surface area contributed by atoms with Crippen molar-refractivity contribution >= 4 is 46.1 Å². The highest BCUT2D eigenvalue weighted by molar-refractivity contribution is 6.41. The molecule has 0 bridgehead atoms. The molecule has 45 heavy (non-hydrogen) atoms. The molecule has 13 heteroatoms. The Morgan fingerprint density at radius 3 is 2.47 bits per heavy atom. The zero-order valence-electron chi connectivity index (χ0n) is 26.5. The van der Waals surface area contributed by atoms with E-state index in [1.165, 1.54) is 14.2 Å². The first-order valence-electron chi connectivity index (χ1n) is 14.8. The van der Waals surface area contributed by atoms with Gasteiger partial charge in [-0.1, -0.05) is 50.0 Å². The van der Waals surface area contributed by atoms with Gasteiger partial charge in [-0.2, -0.15) is 10.2 Å². The number of ether oxygens (including phenoxy) is 2. The summed E-state index contributed by atoms with van der Waals surface area (Å²) in [4.78, 5) is 38.2. The topological polar surface area (TPSA) is 134 Å². The van der Waals surface area contributed by atoms with Gasteiger partial charge in [0.25, 0.3) is 11.5 Å². The quantitative estimate of drug-likeness (QED) is 0.209. The maximum absolute atomic E-state index is 14.1. The van der Waals surface area contributed by atoms with Crippen LogP contribution in [0.1, 0.15) is 40.5 Å². The number of halogens is 2. The van der Waals surface area contributed by atoms with Crippen molar-refractivity contribution in [1.29, 1.82) is 5.26 Å². The Morgan fingerprint density at radius 2 is 1.87 bits per heavy atom. The van der Waals surface area contributed by atoms with Crippen LogP contribution in [-0.4, -0.2) is 71.8 Å². The number of nitrogens with one attached hydrogen (secondary N) is 2. The maximum Gasteiger partial charge on any atom is 0.261 e. The van der Waals surface area contributed by atoms with Gasteiger partial charge in [-0.15, -0.1) is 0 Å². The fourth-order valence-corrected chi connectivity index (χ4v) is 6.07. The van der Waals surface area contributed by atoms with Crippen molar-refractivity contribution < 1.29 is 14.3 Å². The molecule has 11 nitrogen and oxygen atoms in total. The fraction of sp³-hybridized carbons (Fsp3) is 0.469. The molecule has 240 valence electrons. The smallest absolute Gasteiger partial charge is 0.261 e. The van der Waals surface area contributed by atoms with Crippen LogP contribution in [0.5, 0.6) is 11.5 Å². The number of nitriles is 1. The van der Waals surface area contributed by atoms with Crippen LogP contribution in [0.25, 0.3) is 22.2 Å². The second kappa shape index (κ2) is 14.5. The second-order valence-corrected chi connectivity index (χ2v) is 12.7. The van der Waals surface area contributed by atoms with Gasteiger partial charge in [-0.05, 0) is 37.8 Å². The Kier molecular flexibility index (Phi) is 11.0. The lowest BCUT2D eigenvalue weighted by Crippen LogP contribution is -2.38. The van der Waals surface area contributed by atoms with E-state index in [1.54, 1.807) is 29.0 Å². The second-order valence-electron chi connectivity index (χ2n) is 12.0. The van der Waals surface area contributed by atoms with E-state index in [4.69, 9.17) is 32.7 Å². The standard InChI is InChI=1S/C32H39Cl2N7O4/c1-7-36-31-37-17-19-13-22(25-26(33)23(44-5)14-24(45-6)27(25)34)30(43)41(28(19)39-31)11-8-10-40-12-9-21(18-40)38-29(42)20(16-35)15-32(2,3)4/h13-15,17,21H,7-12,18H2,1-6H3,(H,38,42)(H,36,37,39)/b20-15+. The molecule has 3 heterocycles. The van der Waals surface area contributed by atoms with Crippen LogP contribution in [-0.2, 0) is 11.3 Å². The molecule has 1 saturated heterocycles. The molecule has 1 amide bonds. The van der Waals surface area contributed by atoms with E-state index in [-0.39, 0.29) is 44.1 Å². The van der Waals surface area contributed by atoms with Crippen molar-refractivity contribution in [2.75, 3.05) is 45.7 Å². The number of likely N-dealkylation sites (tertiary alicyclic amines) is 1. The van der Waals surface area contributed by atoms with Crippen molar-refractivity contribution in [1.82, 2.24) is 24.8 Å². The predicted molar refractivity (Wildman–Crippen MR) is 177 cm³/mol. The molecular formula is C32H39Cl2N7O4. The Bertz CT molecular complexity index is 1680. The molecule has 1 fully saturated rings. The van der Waals surface area contributed by atoms with E-state index in [0.29, 0.717) is 66.6 Å². The Labute approximate surface area is 273 Å². The zero-order valence-corrected chi connectivity index (χ0v) is 28.0. The number of methoxy groups -OCH3 is 2. The van der Waals surface area contributed by atoms with Crippen LogP contribution in [0, 0.1) is 16.7 Å². The summed E-state index contributed by atoms with van der Waals surface area (Å²) in [5, 5.41) is 16.6. The highest BCUT2D eigenvalue weighted by Gasteiger charge is 2.26. The predicted octanol–water partition coefficient (Wildman–Crippen LogP) is 5.29. The largest absolute Gasteiger partial charge is 0.495 e. The van der Waals surface area contributed by atoms with E-state index in [0.717, 1.165) is 13.0 Å². The number of benzene rings is 1. The molecule has 0 radical (unpaired) electrons. The molecule has 4 rings (SSSR count). The third-order valence-corrected chi connectivity index (χ3v) is 8.16. The molecule has 1 aliphatic heterocycles. The number of nitrogens with zero attached hydrogens (tertiary/aromatic N) is 5. The number of rotatable bonds is 11. The molecule has 2 aromatic heterocycles. The van der Waals surface area contributed by atoms with Gasteiger partial charge in [0.15, 0.2) is 0 Å². The highest BCUT2D eigenvalue weighted by Crippen LogP contribution is 2.45. The first kappa shape index (κ1) is 34.0. The molecule has 0 aliphatic carbocycles. The zero-order chi connectivity index (χ0) is 32.9. The lowest BCUT2D eigenvalue weighted by Gasteiger charge is -2.19. The van der Waals surface area contributed by atoms with E-state index < -0.39 is 0 Å². The minimum atomic E-state index is -0.350. The van der Waals surface area contributed by atoms with Crippen LogP contribution in [0.2, 0.25) is 10.0 Å². The van der Waals surface area contributed by atoms with Gasteiger partial charge >= 0.3 is 0 Å². The number of carbonyl (C=O) groups is 1. The molecule has 1 unspecified atom stereocenters. The Balaban J connectivity index is 1.60. The highest BCUT2D eigenvalue weighted by atomic mass is 35.5. The molecule has 3 aromatic rings. The van der Waals surface area contributed by atoms with Crippen molar-refractivity contribution in [3.63, 3.8) is 0 Å². The lowest BCUT2D eigenvalue weighted by atomic mass is 9.93. The molecule has 1 aliphatic rings. The molecule has 0 spiro atoms. The van der Waals surface area contributed by atoms with E-state index in [1.807, 2.05) is 33.8 Å². The van der Waals surface area contributed by atoms with Crippen LogP contribution < -0.4 is 25.7 Å². The normalized spacial score (nSPS) is 15.6. The maximum atomic E-state index is 14.1. The summed E-state index contributed by atoms with van der Waals surface area (Å²) in [7, 11) is 2.96. The first-order valence-corrected chi connectivity index (χ1v) is 15.6. The van der Waals surface area contributed by atoms with Crippen molar-refractivity contribution in [2.45, 2.75) is 53.1 Å². The van der Waals surface area contributed by atoms with Gasteiger partial charge in [0.2, 0.25) is 5.95 Å². The number of pyridine rings is 1. The van der Waals surface area contributed by atoms with Crippen LogP contribution in [0.4, 0.5) is 5.95 Å². The Hall–Kier alpha value is -3.85. The molecule has 0 saturated carbocycles. The summed E-state index contributed by atoms with van der Waals surface area (Å²) in [5.74, 6) is 0.713. The minimum absolute atomic E-state index is 0.0659. The average Bonchev–Trinajstić information content (AvgIpc) is 3.44. The van der Waals surface area contributed by atoms with Gasteiger partial charge in [-0.25, -0.2) is 4.98 Å². The number of anilines is 1. The number of allylic oxidation sites excluding steroid dienone is 1. The monoisotopic (exact) mass is 655 g/mol. The number of carbonyl (C=O) groups excluding carboxylic acids is 1. The van der Waals surface area contributed by atoms with Gasteiger partial charge in [0.1, 0.15) is 28.8 Å². The van der Waals surface area contributed by atoms with Crippen LogP contribution in [0.3, 0.4) is 0 Å². The van der Waals surface area contributed by atoms with Crippen molar-refractivity contribution in [3.05, 3.63) is 50.4 Å². The summed E-state index contributed by atoms with van der Waals surface area (Å²) in [6.07, 6.45) is 4.76.